The number of carbonyl (C=O) groups excluding carboxylic acids is 1. The largest absolute Gasteiger partial charge is 0.333 e. The van der Waals surface area contributed by atoms with Crippen LogP contribution in [0.1, 0.15) is 34.9 Å². The summed E-state index contributed by atoms with van der Waals surface area (Å²) < 4.78 is 1.73. The summed E-state index contributed by atoms with van der Waals surface area (Å²) in [5, 5.41) is 4.27. The van der Waals surface area contributed by atoms with Crippen molar-refractivity contribution in [2.24, 2.45) is 5.92 Å². The van der Waals surface area contributed by atoms with Gasteiger partial charge in [0.25, 0.3) is 5.91 Å². The van der Waals surface area contributed by atoms with Crippen LogP contribution in [0.25, 0.3) is 5.69 Å². The van der Waals surface area contributed by atoms with Crippen LogP contribution in [0.3, 0.4) is 0 Å². The molecule has 0 saturated heterocycles. The quantitative estimate of drug-likeness (QED) is 0.718. The second-order valence-corrected chi connectivity index (χ2v) is 6.42. The predicted molar refractivity (Wildman–Crippen MR) is 95.4 cm³/mol. The van der Waals surface area contributed by atoms with Crippen molar-refractivity contribution in [2.75, 3.05) is 7.05 Å². The van der Waals surface area contributed by atoms with Crippen LogP contribution in [0.15, 0.2) is 67.1 Å². The van der Waals surface area contributed by atoms with Crippen molar-refractivity contribution in [1.82, 2.24) is 19.7 Å². The summed E-state index contributed by atoms with van der Waals surface area (Å²) in [6.45, 7) is 0. The second kappa shape index (κ2) is 6.51. The van der Waals surface area contributed by atoms with Gasteiger partial charge in [-0.2, -0.15) is 5.10 Å². The summed E-state index contributed by atoms with van der Waals surface area (Å²) in [7, 11) is 1.87. The van der Waals surface area contributed by atoms with E-state index in [0.717, 1.165) is 24.2 Å². The third-order valence-corrected chi connectivity index (χ3v) is 4.68. The molecule has 0 spiro atoms. The minimum atomic E-state index is -0.00588. The highest BCUT2D eigenvalue weighted by Gasteiger charge is 2.38. The first kappa shape index (κ1) is 15.6. The van der Waals surface area contributed by atoms with Crippen molar-refractivity contribution >= 4 is 5.91 Å². The molecule has 126 valence electrons. The predicted octanol–water partition coefficient (Wildman–Crippen LogP) is 3.49. The molecule has 1 saturated carbocycles. The smallest absolute Gasteiger partial charge is 0.256 e. The number of rotatable bonds is 5. The average molecular weight is 332 g/mol. The van der Waals surface area contributed by atoms with Gasteiger partial charge in [0.15, 0.2) is 0 Å². The van der Waals surface area contributed by atoms with Crippen molar-refractivity contribution < 1.29 is 4.79 Å². The molecule has 5 nitrogen and oxygen atoms in total. The molecule has 2 heterocycles. The number of benzene rings is 1. The Kier molecular flexibility index (Phi) is 4.06. The van der Waals surface area contributed by atoms with Crippen molar-refractivity contribution in [3.05, 3.63) is 78.4 Å². The zero-order valence-electron chi connectivity index (χ0n) is 14.1. The summed E-state index contributed by atoms with van der Waals surface area (Å²) in [6.07, 6.45) is 7.63. The van der Waals surface area contributed by atoms with Crippen LogP contribution in [0.4, 0.5) is 0 Å². The monoisotopic (exact) mass is 332 g/mol. The summed E-state index contributed by atoms with van der Waals surface area (Å²) in [4.78, 5) is 19.6. The topological polar surface area (TPSA) is 51.0 Å². The minimum absolute atomic E-state index is 0.00588. The van der Waals surface area contributed by atoms with Gasteiger partial charge in [-0.3, -0.25) is 9.78 Å². The standard InChI is InChI=1S/C20H20N4O/c1-23(19(15-10-11-15)17-8-4-5-12-21-17)20(25)16-7-2-3-9-18(16)24-14-6-13-22-24/h2-9,12-15,19H,10-11H2,1H3/t19-/m1/s1. The van der Waals surface area contributed by atoms with Crippen LogP contribution in [0, 0.1) is 5.92 Å². The van der Waals surface area contributed by atoms with Gasteiger partial charge in [-0.05, 0) is 49.1 Å². The highest BCUT2D eigenvalue weighted by atomic mass is 16.2. The van der Waals surface area contributed by atoms with Gasteiger partial charge < -0.3 is 4.90 Å². The van der Waals surface area contributed by atoms with Crippen LogP contribution < -0.4 is 0 Å². The Bertz CT molecular complexity index is 856. The van der Waals surface area contributed by atoms with Crippen LogP contribution in [0.2, 0.25) is 0 Å². The van der Waals surface area contributed by atoms with Gasteiger partial charge in [0.1, 0.15) is 0 Å². The molecule has 1 aliphatic carbocycles. The molecule has 0 N–H and O–H groups in total. The molecule has 1 aliphatic rings. The Morgan fingerprint density at radius 3 is 2.60 bits per heavy atom. The Balaban J connectivity index is 1.69. The lowest BCUT2D eigenvalue weighted by Gasteiger charge is -2.28. The summed E-state index contributed by atoms with van der Waals surface area (Å²) in [5.41, 5.74) is 2.40. The fourth-order valence-electron chi connectivity index (χ4n) is 3.30. The molecule has 0 aliphatic heterocycles. The fourth-order valence-corrected chi connectivity index (χ4v) is 3.30. The zero-order valence-corrected chi connectivity index (χ0v) is 14.1. The van der Waals surface area contributed by atoms with Crippen LogP contribution in [0.5, 0.6) is 0 Å². The van der Waals surface area contributed by atoms with Gasteiger partial charge in [-0.1, -0.05) is 18.2 Å². The number of aromatic nitrogens is 3. The van der Waals surface area contributed by atoms with Gasteiger partial charge in [0, 0.05) is 25.6 Å². The third kappa shape index (κ3) is 3.05. The maximum atomic E-state index is 13.3. The van der Waals surface area contributed by atoms with Crippen molar-refractivity contribution in [3.63, 3.8) is 0 Å². The Hall–Kier alpha value is -2.95. The van der Waals surface area contributed by atoms with E-state index in [0.29, 0.717) is 11.5 Å². The molecule has 0 unspecified atom stereocenters. The second-order valence-electron chi connectivity index (χ2n) is 6.42. The number of pyridine rings is 1. The fraction of sp³-hybridized carbons (Fsp3) is 0.250. The van der Waals surface area contributed by atoms with E-state index in [-0.39, 0.29) is 11.9 Å². The molecule has 0 radical (unpaired) electrons. The van der Waals surface area contributed by atoms with Crippen LogP contribution in [-0.2, 0) is 0 Å². The van der Waals surface area contributed by atoms with Gasteiger partial charge in [0.05, 0.1) is 23.0 Å². The van der Waals surface area contributed by atoms with Crippen molar-refractivity contribution in [2.45, 2.75) is 18.9 Å². The highest BCUT2D eigenvalue weighted by molar-refractivity contribution is 5.97. The maximum Gasteiger partial charge on any atom is 0.256 e. The molecular weight excluding hydrogens is 312 g/mol. The molecule has 2 aromatic heterocycles. The Morgan fingerprint density at radius 1 is 1.12 bits per heavy atom. The van der Waals surface area contributed by atoms with Crippen LogP contribution >= 0.6 is 0 Å². The number of carbonyl (C=O) groups is 1. The van der Waals surface area contributed by atoms with Gasteiger partial charge in [-0.25, -0.2) is 4.68 Å². The number of hydrogen-bond donors (Lipinski definition) is 0. The van der Waals surface area contributed by atoms with Gasteiger partial charge >= 0.3 is 0 Å². The minimum Gasteiger partial charge on any atom is -0.333 e. The molecule has 1 amide bonds. The molecule has 25 heavy (non-hydrogen) atoms. The van der Waals surface area contributed by atoms with E-state index in [2.05, 4.69) is 10.1 Å². The molecule has 3 aromatic rings. The lowest BCUT2D eigenvalue weighted by atomic mass is 10.0. The first-order valence-electron chi connectivity index (χ1n) is 8.53. The van der Waals surface area contributed by atoms with Crippen molar-refractivity contribution in [3.8, 4) is 5.69 Å². The molecule has 4 rings (SSSR count). The lowest BCUT2D eigenvalue weighted by Crippen LogP contribution is -2.33. The molecule has 1 aromatic carbocycles. The molecule has 1 atom stereocenters. The first-order valence-corrected chi connectivity index (χ1v) is 8.53. The summed E-state index contributed by atoms with van der Waals surface area (Å²) in [5.74, 6) is 0.481. The number of nitrogens with zero attached hydrogens (tertiary/aromatic N) is 4. The highest BCUT2D eigenvalue weighted by Crippen LogP contribution is 2.44. The van der Waals surface area contributed by atoms with E-state index >= 15 is 0 Å². The van der Waals surface area contributed by atoms with Gasteiger partial charge in [-0.15, -0.1) is 0 Å². The number of amides is 1. The molecule has 5 heteroatoms. The first-order chi connectivity index (χ1) is 12.3. The molecule has 0 bridgehead atoms. The average Bonchev–Trinajstić information content (AvgIpc) is 3.34. The summed E-state index contributed by atoms with van der Waals surface area (Å²) >= 11 is 0. The SMILES string of the molecule is CN(C(=O)c1ccccc1-n1cccn1)[C@@H](c1ccccn1)C1CC1. The van der Waals surface area contributed by atoms with E-state index in [1.54, 1.807) is 17.1 Å². The van der Waals surface area contributed by atoms with Gasteiger partial charge in [0.2, 0.25) is 0 Å². The Labute approximate surface area is 146 Å². The number of para-hydroxylation sites is 1. The lowest BCUT2D eigenvalue weighted by molar-refractivity contribution is 0.0707. The number of hydrogen-bond acceptors (Lipinski definition) is 3. The van der Waals surface area contributed by atoms with Crippen molar-refractivity contribution in [1.29, 1.82) is 0 Å². The Morgan fingerprint density at radius 2 is 1.92 bits per heavy atom. The molecular formula is C20H20N4O. The third-order valence-electron chi connectivity index (χ3n) is 4.68. The summed E-state index contributed by atoms with van der Waals surface area (Å²) in [6, 6.07) is 15.3. The van der Waals surface area contributed by atoms with E-state index in [1.165, 1.54) is 0 Å². The molecule has 1 fully saturated rings. The van der Waals surface area contributed by atoms with E-state index in [1.807, 2.05) is 66.7 Å². The zero-order chi connectivity index (χ0) is 17.2. The van der Waals surface area contributed by atoms with E-state index < -0.39 is 0 Å². The van der Waals surface area contributed by atoms with E-state index in [4.69, 9.17) is 0 Å². The maximum absolute atomic E-state index is 13.3. The van der Waals surface area contributed by atoms with E-state index in [9.17, 15) is 4.79 Å². The van der Waals surface area contributed by atoms with Crippen LogP contribution in [-0.4, -0.2) is 32.6 Å². The normalized spacial score (nSPS) is 14.9.